The first kappa shape index (κ1) is 112. The Morgan fingerprint density at radius 1 is 0.438 bits per heavy atom. The van der Waals surface area contributed by atoms with Gasteiger partial charge in [0, 0.05) is 117 Å². The average Bonchev–Trinajstić information content (AvgIpc) is 1.25. The van der Waals surface area contributed by atoms with Crippen LogP contribution >= 0.6 is 77.2 Å². The number of nitrogens with one attached hydrogen (secondary N) is 5. The largest absolute Gasteiger partial charge is 0.478 e. The number of pyridine rings is 6. The maximum absolute atomic E-state index is 12.8. The number of carbonyl (C=O) groups is 9. The fraction of sp³-hybridized carbons (Fsp3) is 0.422. The van der Waals surface area contributed by atoms with Crippen molar-refractivity contribution in [3.8, 4) is 0 Å². The molecule has 10 aliphatic heterocycles. The number of aromatic nitrogens is 6. The number of amides is 7. The minimum absolute atomic E-state index is 0. The van der Waals surface area contributed by atoms with Gasteiger partial charge in [-0.05, 0) is 386 Å². The van der Waals surface area contributed by atoms with E-state index >= 15 is 0 Å². The van der Waals surface area contributed by atoms with Gasteiger partial charge in [-0.15, -0.1) is 29.4 Å². The number of alkyl halides is 1. The monoisotopic (exact) mass is 2260 g/mol. The summed E-state index contributed by atoms with van der Waals surface area (Å²) in [5, 5.41) is 26.5. The fourth-order valence-electron chi connectivity index (χ4n) is 20.1. The number of piperidine rings is 5. The molecule has 8 aromatic heterocycles. The number of ether oxygens (including phenoxy) is 1. The highest BCUT2D eigenvalue weighted by atomic mass is 79.9. The van der Waals surface area contributed by atoms with Crippen LogP contribution in [0, 0.1) is 40.9 Å². The van der Waals surface area contributed by atoms with Crippen molar-refractivity contribution in [1.29, 1.82) is 0 Å². The summed E-state index contributed by atoms with van der Waals surface area (Å²) < 4.78 is 19.1. The number of esters is 1. The number of hydrogen-bond donors (Lipinski definition) is 7. The predicted molar refractivity (Wildman–Crippen MR) is 587 cm³/mol. The number of halogens is 5. The summed E-state index contributed by atoms with van der Waals surface area (Å²) in [5.41, 5.74) is 16.7. The molecule has 0 unspecified atom stereocenters. The van der Waals surface area contributed by atoms with E-state index in [-0.39, 0.29) is 104 Å². The highest BCUT2D eigenvalue weighted by Crippen LogP contribution is 2.47. The molecule has 32 nitrogen and oxygen atoms in total. The molecular formula is C109H130Br4ClN19O13. The van der Waals surface area contributed by atoms with Crippen LogP contribution in [0.4, 0.5) is 34.9 Å². The lowest BCUT2D eigenvalue weighted by Crippen LogP contribution is -2.49. The Kier molecular flexibility index (Phi) is 36.8. The highest BCUT2D eigenvalue weighted by molar-refractivity contribution is 9.10. The standard InChI is InChI=1S/2C27H30N4O3.C20H27N3O3.C16H19N3O3.C13H16BrN3O.C6H6Br2N2.BrH.ClH/c2*1-18-21-6-4-5-7-22(21)34-23(18)17-31(3)24(32)9-8-19-14-20-15-27(10-12-30(2)13-11-27)26(33)29-25(20)28-16-19;1-19(2,3)26-16(24)6-5-14-11-15-12-20(7-9-23(4)10-8-20)18(25)22-17(15)21-13-14;1-19-6-4-16(5-7-19)9-12-8-11(2-3-13(20)21)10-17-14(12)18-15(16)22;1-17-4-2-13(3-5-17)7-9-6-10(14)8-15-11(9)16-12(13)18;7-2-4-1-5(8)3-10-6(4)9;;/h2*4-9,14,16H,10-13,15,17H2,1-3H3,(H,28,29,33);5-6,11,13H,7-10,12H2,1-4H3,(H,21,22,25);2-3,8,10H,4-7,9H2,1H3,(H,20,21)(H,17,18,22);6,8H,2-5,7H2,1H3,(H,15,16,18);1,3H,2H2,(H2,9,10);2*1H/b2*9-8+;6-5+;3-2+;;;;. The van der Waals surface area contributed by atoms with Crippen LogP contribution in [0.1, 0.15) is 163 Å². The van der Waals surface area contributed by atoms with Crippen molar-refractivity contribution >= 4 is 212 Å². The third kappa shape index (κ3) is 27.1. The first-order valence-corrected chi connectivity index (χ1v) is 51.6. The van der Waals surface area contributed by atoms with Crippen LogP contribution in [0.15, 0.2) is 164 Å². The Morgan fingerprint density at radius 2 is 0.712 bits per heavy atom. The number of para-hydroxylation sites is 2. The van der Waals surface area contributed by atoms with Gasteiger partial charge in [-0.2, -0.15) is 0 Å². The number of nitrogens with two attached hydrogens (primary N) is 1. The molecule has 7 amide bonds. The smallest absolute Gasteiger partial charge is 0.331 e. The zero-order valence-electron chi connectivity index (χ0n) is 84.7. The van der Waals surface area contributed by atoms with Crippen LogP contribution < -0.4 is 32.3 Å². The number of carbonyl (C=O) groups excluding carboxylic acids is 8. The van der Waals surface area contributed by atoms with E-state index < -0.39 is 11.6 Å². The molecule has 0 atom stereocenters. The lowest BCUT2D eigenvalue weighted by molar-refractivity contribution is -0.148. The van der Waals surface area contributed by atoms with E-state index in [0.717, 1.165) is 262 Å². The van der Waals surface area contributed by atoms with Crippen molar-refractivity contribution in [3.63, 3.8) is 0 Å². The van der Waals surface area contributed by atoms with Crippen LogP contribution in [-0.2, 0) is 98.4 Å². The summed E-state index contributed by atoms with van der Waals surface area (Å²) in [7, 11) is 14.0. The van der Waals surface area contributed by atoms with Crippen molar-refractivity contribution in [3.05, 3.63) is 234 Å². The number of benzene rings is 2. The minimum Gasteiger partial charge on any atom is -0.478 e. The molecule has 8 N–H and O–H groups in total. The second-order valence-corrected chi connectivity index (χ2v) is 43.4. The minimum atomic E-state index is -0.988. The maximum Gasteiger partial charge on any atom is 0.331 e. The molecule has 10 aliphatic rings. The topological polar surface area (TPSA) is 396 Å². The molecule has 0 saturated carbocycles. The maximum atomic E-state index is 12.8. The second kappa shape index (κ2) is 48.2. The van der Waals surface area contributed by atoms with Crippen molar-refractivity contribution in [2.24, 2.45) is 27.1 Å². The van der Waals surface area contributed by atoms with Gasteiger partial charge in [0.2, 0.25) is 41.4 Å². The lowest BCUT2D eigenvalue weighted by atomic mass is 9.71. The van der Waals surface area contributed by atoms with Crippen molar-refractivity contribution in [2.75, 3.05) is 147 Å². The molecule has 0 aliphatic carbocycles. The van der Waals surface area contributed by atoms with Crippen LogP contribution in [-0.4, -0.2) is 243 Å². The van der Waals surface area contributed by atoms with Crippen molar-refractivity contribution in [1.82, 2.24) is 64.2 Å². The van der Waals surface area contributed by atoms with Crippen LogP contribution in [0.5, 0.6) is 0 Å². The van der Waals surface area contributed by atoms with Gasteiger partial charge in [-0.1, -0.05) is 52.3 Å². The number of aryl methyl sites for hydroxylation is 2. The predicted octanol–water partition coefficient (Wildman–Crippen LogP) is 17.4. The summed E-state index contributed by atoms with van der Waals surface area (Å²) >= 11 is 10.0. The number of likely N-dealkylation sites (N-methyl/N-ethyl adjacent to an activating group) is 2. The van der Waals surface area contributed by atoms with Crippen molar-refractivity contribution < 1.29 is 61.8 Å². The van der Waals surface area contributed by atoms with Crippen LogP contribution in [0.2, 0.25) is 0 Å². The third-order valence-corrected chi connectivity index (χ3v) is 30.9. The summed E-state index contributed by atoms with van der Waals surface area (Å²) in [6.07, 6.45) is 34.7. The fourth-order valence-corrected chi connectivity index (χ4v) is 21.3. The SMILES string of the molecule is Br.CN1CCC2(CC1)Cc1cc(/C=C/C(=O)O)cnc1NC2=O.CN1CCC2(CC1)Cc1cc(/C=C/C(=O)OC(C)(C)C)cnc1NC2=O.CN1CCC2(CC1)Cc1cc(Br)cnc1NC2=O.Cc1c(CN(C)C(=O)/C=C/c2cnc3c(c2)CC2(CCN(C)CC2)C(=O)N3)oc2ccccc12.Cc1c(CN(C)C(=O)/C=C/c2cnc3c(c2)CC2(CCN(C)CC2)C(=O)N3)oc2ccccc12.Cl.Nc1ncc(Br)cc1CBr. The van der Waals surface area contributed by atoms with Gasteiger partial charge in [0.25, 0.3) is 0 Å². The van der Waals surface area contributed by atoms with Gasteiger partial charge in [0.05, 0.1) is 40.2 Å². The Bertz CT molecular complexity index is 6440. The van der Waals surface area contributed by atoms with E-state index in [4.69, 9.17) is 24.4 Å². The van der Waals surface area contributed by atoms with E-state index in [9.17, 15) is 43.2 Å². The number of nitrogens with zero attached hydrogens (tertiary/aromatic N) is 13. The summed E-state index contributed by atoms with van der Waals surface area (Å²) in [6, 6.07) is 27.8. The van der Waals surface area contributed by atoms with E-state index in [0.29, 0.717) is 67.9 Å². The molecule has 5 saturated heterocycles. The van der Waals surface area contributed by atoms with Crippen LogP contribution in [0.3, 0.4) is 0 Å². The Balaban J connectivity index is 0.000000151. The van der Waals surface area contributed by atoms with Gasteiger partial charge in [-0.25, -0.2) is 39.5 Å². The molecular weight excluding hydrogens is 2140 g/mol. The Labute approximate surface area is 893 Å². The first-order valence-electron chi connectivity index (χ1n) is 48.9. The highest BCUT2D eigenvalue weighted by Gasteiger charge is 2.50. The number of anilines is 6. The molecule has 20 rings (SSSR count). The molecule has 5 fully saturated rings. The number of likely N-dealkylation sites (tertiary alicyclic amines) is 5. The van der Waals surface area contributed by atoms with Crippen LogP contribution in [0.25, 0.3) is 46.2 Å². The Hall–Kier alpha value is -11.6. The normalized spacial score (nSPS) is 18.5. The van der Waals surface area contributed by atoms with E-state index in [2.05, 4.69) is 170 Å². The van der Waals surface area contributed by atoms with E-state index in [1.54, 1.807) is 91.5 Å². The average molecular weight is 2270 g/mol. The number of carboxylic acids is 1. The molecule has 37 heteroatoms. The summed E-state index contributed by atoms with van der Waals surface area (Å²) in [6.45, 7) is 19.7. The number of hydrogen-bond acceptors (Lipinski definition) is 24. The Morgan fingerprint density at radius 3 is 1.00 bits per heavy atom. The second-order valence-electron chi connectivity index (χ2n) is 41.1. The van der Waals surface area contributed by atoms with E-state index in [1.807, 2.05) is 113 Å². The molecule has 5 spiro atoms. The zero-order valence-corrected chi connectivity index (χ0v) is 91.9. The first-order chi connectivity index (χ1) is 68.7. The zero-order chi connectivity index (χ0) is 103. The number of aliphatic carboxylic acids is 1. The molecule has 0 radical (unpaired) electrons. The molecule has 18 heterocycles. The van der Waals surface area contributed by atoms with Gasteiger partial charge in [0.1, 0.15) is 63.2 Å². The third-order valence-electron chi connectivity index (χ3n) is 29.4. The number of fused-ring (bicyclic) bond motifs is 7. The molecule has 146 heavy (non-hydrogen) atoms. The number of nitrogen functional groups attached to an aromatic ring is 1. The summed E-state index contributed by atoms with van der Waals surface area (Å²) in [4.78, 5) is 151. The molecule has 774 valence electrons. The van der Waals surface area contributed by atoms with Gasteiger partial charge < -0.3 is 85.3 Å². The quantitative estimate of drug-likeness (QED) is 0.0320. The van der Waals surface area contributed by atoms with E-state index in [1.165, 1.54) is 12.2 Å². The molecule has 2 aromatic carbocycles. The number of carboxylic acid groups (broad SMARTS) is 1. The van der Waals surface area contributed by atoms with Gasteiger partial charge in [-0.3, -0.25) is 33.6 Å². The van der Waals surface area contributed by atoms with Gasteiger partial charge in [0.15, 0.2) is 0 Å². The molecule has 10 aromatic rings. The number of rotatable bonds is 13. The molecule has 0 bridgehead atoms. The summed E-state index contributed by atoms with van der Waals surface area (Å²) in [5.74, 6) is 4.27. The van der Waals surface area contributed by atoms with Gasteiger partial charge >= 0.3 is 11.9 Å². The lowest BCUT2D eigenvalue weighted by Gasteiger charge is -2.42. The number of furan rings is 2. The van der Waals surface area contributed by atoms with Crippen molar-refractivity contribution in [2.45, 2.75) is 155 Å².